The highest BCUT2D eigenvalue weighted by Crippen LogP contribution is 2.41. The summed E-state index contributed by atoms with van der Waals surface area (Å²) in [5, 5.41) is 2.83. The Kier molecular flexibility index (Phi) is 3.75. The molecule has 3 N–H and O–H groups in total. The van der Waals surface area contributed by atoms with Crippen LogP contribution in [-0.4, -0.2) is 17.9 Å². The van der Waals surface area contributed by atoms with Gasteiger partial charge in [-0.25, -0.2) is 4.39 Å². The number of likely N-dealkylation sites (N-methyl/N-ethyl adjacent to an activating group) is 1. The van der Waals surface area contributed by atoms with Crippen LogP contribution in [-0.2, 0) is 10.2 Å². The fourth-order valence-electron chi connectivity index (χ4n) is 2.89. The topological polar surface area (TPSA) is 71.2 Å². The molecular formula is C18H19FN4O. The molecule has 24 heavy (non-hydrogen) atoms. The number of carbonyl (C=O) groups excluding carboxylic acids is 1. The van der Waals surface area contributed by atoms with Gasteiger partial charge in [-0.15, -0.1) is 0 Å². The fourth-order valence-corrected chi connectivity index (χ4v) is 2.89. The number of nitrogens with zero attached hydrogens (tertiary/aromatic N) is 2. The minimum absolute atomic E-state index is 0.0502. The lowest BCUT2D eigenvalue weighted by Crippen LogP contribution is -2.33. The van der Waals surface area contributed by atoms with E-state index >= 15 is 0 Å². The molecule has 2 heterocycles. The quantitative estimate of drug-likeness (QED) is 0.910. The molecule has 1 aliphatic rings. The Balaban J connectivity index is 1.90. The molecule has 0 saturated heterocycles. The Morgan fingerprint density at radius 1 is 1.38 bits per heavy atom. The molecule has 0 unspecified atom stereocenters. The first-order valence-corrected chi connectivity index (χ1v) is 7.57. The van der Waals surface area contributed by atoms with Crippen molar-refractivity contribution in [1.82, 2.24) is 4.98 Å². The molecule has 0 aliphatic carbocycles. The summed E-state index contributed by atoms with van der Waals surface area (Å²) in [5.74, 6) is -0.406. The van der Waals surface area contributed by atoms with Crippen LogP contribution in [0.5, 0.6) is 0 Å². The monoisotopic (exact) mass is 326 g/mol. The Labute approximate surface area is 140 Å². The van der Waals surface area contributed by atoms with E-state index in [1.165, 1.54) is 18.5 Å². The fraction of sp³-hybridized carbons (Fsp3) is 0.222. The first kappa shape index (κ1) is 16.0. The van der Waals surface area contributed by atoms with Crippen molar-refractivity contribution in [3.63, 3.8) is 0 Å². The van der Waals surface area contributed by atoms with Gasteiger partial charge in [0.15, 0.2) is 5.82 Å². The summed E-state index contributed by atoms with van der Waals surface area (Å²) in [7, 11) is 1.75. The zero-order valence-electron chi connectivity index (χ0n) is 13.8. The molecule has 1 aliphatic heterocycles. The van der Waals surface area contributed by atoms with Gasteiger partial charge in [0.25, 0.3) is 0 Å². The number of nitrogens with two attached hydrogens (primary N) is 1. The van der Waals surface area contributed by atoms with E-state index in [-0.39, 0.29) is 5.91 Å². The number of hydrogen-bond donors (Lipinski definition) is 2. The van der Waals surface area contributed by atoms with Crippen LogP contribution in [0.1, 0.15) is 25.0 Å². The van der Waals surface area contributed by atoms with Crippen LogP contribution < -0.4 is 16.0 Å². The van der Waals surface area contributed by atoms with Crippen molar-refractivity contribution in [2.45, 2.75) is 19.3 Å². The maximum Gasteiger partial charge on any atom is 0.236 e. The van der Waals surface area contributed by atoms with Crippen LogP contribution in [0.15, 0.2) is 42.9 Å². The van der Waals surface area contributed by atoms with E-state index in [0.29, 0.717) is 11.4 Å². The number of carbonyl (C=O) groups is 1. The van der Waals surface area contributed by atoms with Crippen LogP contribution in [0, 0.1) is 5.82 Å². The highest BCUT2D eigenvalue weighted by molar-refractivity contribution is 6.07. The number of halogens is 1. The van der Waals surface area contributed by atoms with E-state index in [4.69, 9.17) is 5.73 Å². The molecule has 0 radical (unpaired) electrons. The van der Waals surface area contributed by atoms with E-state index in [9.17, 15) is 9.18 Å². The predicted molar refractivity (Wildman–Crippen MR) is 92.9 cm³/mol. The van der Waals surface area contributed by atoms with Crippen LogP contribution >= 0.6 is 0 Å². The maximum atomic E-state index is 13.6. The van der Waals surface area contributed by atoms with Crippen molar-refractivity contribution in [3.8, 4) is 0 Å². The van der Waals surface area contributed by atoms with Gasteiger partial charge in [-0.05, 0) is 31.5 Å². The van der Waals surface area contributed by atoms with Gasteiger partial charge in [-0.1, -0.05) is 12.1 Å². The number of amides is 1. The van der Waals surface area contributed by atoms with Gasteiger partial charge >= 0.3 is 0 Å². The molecule has 6 heteroatoms. The van der Waals surface area contributed by atoms with Crippen LogP contribution in [0.2, 0.25) is 0 Å². The number of anilines is 2. The van der Waals surface area contributed by atoms with Crippen LogP contribution in [0.25, 0.3) is 5.70 Å². The molecule has 1 aromatic heterocycles. The smallest absolute Gasteiger partial charge is 0.236 e. The average Bonchev–Trinajstić information content (AvgIpc) is 2.74. The number of pyridine rings is 1. The SMILES string of the molecule is CN1C(=O)C(C)(C)c2ccc(/C(N)=C/Nc3ccncc3F)cc21. The summed E-state index contributed by atoms with van der Waals surface area (Å²) in [6.45, 7) is 3.81. The van der Waals surface area contributed by atoms with Crippen molar-refractivity contribution in [1.29, 1.82) is 0 Å². The van der Waals surface area contributed by atoms with Gasteiger partial charge in [0.2, 0.25) is 5.91 Å². The van der Waals surface area contributed by atoms with Crippen LogP contribution in [0.4, 0.5) is 15.8 Å². The Morgan fingerprint density at radius 2 is 2.12 bits per heavy atom. The van der Waals surface area contributed by atoms with Crippen molar-refractivity contribution < 1.29 is 9.18 Å². The Hall–Kier alpha value is -2.89. The Bertz CT molecular complexity index is 845. The number of aromatic nitrogens is 1. The third-order valence-corrected chi connectivity index (χ3v) is 4.36. The number of benzene rings is 1. The number of nitrogens with one attached hydrogen (secondary N) is 1. The Morgan fingerprint density at radius 3 is 2.83 bits per heavy atom. The van der Waals surface area contributed by atoms with E-state index in [0.717, 1.165) is 23.0 Å². The van der Waals surface area contributed by atoms with Gasteiger partial charge in [-0.2, -0.15) is 0 Å². The summed E-state index contributed by atoms with van der Waals surface area (Å²) in [6.07, 6.45) is 4.15. The molecule has 124 valence electrons. The summed E-state index contributed by atoms with van der Waals surface area (Å²) in [4.78, 5) is 17.7. The summed E-state index contributed by atoms with van der Waals surface area (Å²) in [5.41, 5.74) is 8.86. The van der Waals surface area contributed by atoms with Crippen molar-refractivity contribution >= 4 is 23.0 Å². The molecule has 0 atom stereocenters. The molecule has 3 rings (SSSR count). The molecule has 2 aromatic rings. The third kappa shape index (κ3) is 2.50. The van der Waals surface area contributed by atoms with Crippen molar-refractivity contribution in [2.24, 2.45) is 5.73 Å². The first-order chi connectivity index (χ1) is 11.3. The lowest BCUT2D eigenvalue weighted by atomic mass is 9.86. The molecule has 1 aromatic carbocycles. The molecule has 0 saturated carbocycles. The largest absolute Gasteiger partial charge is 0.397 e. The van der Waals surface area contributed by atoms with Gasteiger partial charge < -0.3 is 16.0 Å². The second kappa shape index (κ2) is 5.63. The first-order valence-electron chi connectivity index (χ1n) is 7.57. The number of hydrogen-bond acceptors (Lipinski definition) is 4. The normalized spacial score (nSPS) is 16.2. The maximum absolute atomic E-state index is 13.6. The standard InChI is InChI=1S/C18H19FN4O/c1-18(2)12-5-4-11(8-16(12)23(3)17(18)24)14(20)10-22-15-6-7-21-9-13(15)19/h4-10H,20H2,1-3H3,(H,21,22)/b14-10-. The van der Waals surface area contributed by atoms with E-state index in [1.54, 1.807) is 11.9 Å². The predicted octanol–water partition coefficient (Wildman–Crippen LogP) is 2.84. The summed E-state index contributed by atoms with van der Waals surface area (Å²) in [6, 6.07) is 7.18. The highest BCUT2D eigenvalue weighted by atomic mass is 19.1. The minimum Gasteiger partial charge on any atom is -0.397 e. The average molecular weight is 326 g/mol. The van der Waals surface area contributed by atoms with Gasteiger partial charge in [0, 0.05) is 30.7 Å². The van der Waals surface area contributed by atoms with Gasteiger partial charge in [0.05, 0.1) is 23.0 Å². The lowest BCUT2D eigenvalue weighted by molar-refractivity contribution is -0.121. The van der Waals surface area contributed by atoms with Gasteiger partial charge in [-0.3, -0.25) is 9.78 Å². The lowest BCUT2D eigenvalue weighted by Gasteiger charge is -2.16. The molecular weight excluding hydrogens is 307 g/mol. The van der Waals surface area contributed by atoms with E-state index in [2.05, 4.69) is 10.3 Å². The second-order valence-corrected chi connectivity index (χ2v) is 6.32. The summed E-state index contributed by atoms with van der Waals surface area (Å²) >= 11 is 0. The van der Waals surface area contributed by atoms with E-state index < -0.39 is 11.2 Å². The van der Waals surface area contributed by atoms with Crippen molar-refractivity contribution in [2.75, 3.05) is 17.3 Å². The second-order valence-electron chi connectivity index (χ2n) is 6.32. The van der Waals surface area contributed by atoms with Crippen LogP contribution in [0.3, 0.4) is 0 Å². The minimum atomic E-state index is -0.542. The zero-order chi connectivity index (χ0) is 17.5. The molecule has 5 nitrogen and oxygen atoms in total. The molecule has 0 spiro atoms. The molecule has 1 amide bonds. The molecule has 0 fully saturated rings. The molecule has 0 bridgehead atoms. The summed E-state index contributed by atoms with van der Waals surface area (Å²) < 4.78 is 13.6. The number of fused-ring (bicyclic) bond motifs is 1. The van der Waals surface area contributed by atoms with E-state index in [1.807, 2.05) is 32.0 Å². The van der Waals surface area contributed by atoms with Crippen molar-refractivity contribution in [3.05, 3.63) is 59.8 Å². The van der Waals surface area contributed by atoms with Gasteiger partial charge in [0.1, 0.15) is 0 Å². The third-order valence-electron chi connectivity index (χ3n) is 4.36. The highest BCUT2D eigenvalue weighted by Gasteiger charge is 2.42. The number of rotatable bonds is 3. The zero-order valence-corrected chi connectivity index (χ0v) is 13.8.